The molecule has 2 N–H and O–H groups in total. The molecule has 0 aliphatic rings. The van der Waals surface area contributed by atoms with Crippen LogP contribution in [0, 0.1) is 0 Å². The first kappa shape index (κ1) is 18.6. The highest BCUT2D eigenvalue weighted by atomic mass is 35.5. The highest BCUT2D eigenvalue weighted by Crippen LogP contribution is 2.27. The van der Waals surface area contributed by atoms with Crippen molar-refractivity contribution in [3.8, 4) is 11.5 Å². The van der Waals surface area contributed by atoms with Crippen molar-refractivity contribution in [2.24, 2.45) is 0 Å². The van der Waals surface area contributed by atoms with Crippen LogP contribution in [-0.4, -0.2) is 17.7 Å². The standard InChI is InChI=1S/C20H20Cl2N2O2/c1-13(4-3-9-25-17-11-15(21)10-16(22)12-17)26-18-6-2-5-14-7-8-19(23)24-20(14)18/h2,5-8,10-13H,3-4,9H2,1H3,(H2,23,24). The third-order valence-electron chi connectivity index (χ3n) is 3.89. The fraction of sp³-hybridized carbons (Fsp3) is 0.250. The number of fused-ring (bicyclic) bond motifs is 1. The van der Waals surface area contributed by atoms with Gasteiger partial charge in [0.05, 0.1) is 12.7 Å². The van der Waals surface area contributed by atoms with E-state index in [4.69, 9.17) is 38.4 Å². The smallest absolute Gasteiger partial charge is 0.146 e. The van der Waals surface area contributed by atoms with Crippen molar-refractivity contribution >= 4 is 39.9 Å². The van der Waals surface area contributed by atoms with Crippen LogP contribution in [0.4, 0.5) is 5.82 Å². The Morgan fingerprint density at radius 3 is 2.62 bits per heavy atom. The first-order valence-electron chi connectivity index (χ1n) is 8.42. The minimum atomic E-state index is 0.0235. The topological polar surface area (TPSA) is 57.4 Å². The number of pyridine rings is 1. The highest BCUT2D eigenvalue weighted by Gasteiger charge is 2.09. The van der Waals surface area contributed by atoms with E-state index in [2.05, 4.69) is 4.98 Å². The fourth-order valence-electron chi connectivity index (χ4n) is 2.68. The Kier molecular flexibility index (Phi) is 6.07. The molecule has 1 aromatic heterocycles. The van der Waals surface area contributed by atoms with Crippen molar-refractivity contribution < 1.29 is 9.47 Å². The molecular formula is C20H20Cl2N2O2. The van der Waals surface area contributed by atoms with E-state index < -0.39 is 0 Å². The number of hydrogen-bond acceptors (Lipinski definition) is 4. The van der Waals surface area contributed by atoms with Gasteiger partial charge in [-0.1, -0.05) is 35.3 Å². The average Bonchev–Trinajstić information content (AvgIpc) is 2.58. The van der Waals surface area contributed by atoms with E-state index in [0.29, 0.717) is 28.2 Å². The number of ether oxygens (including phenoxy) is 2. The maximum absolute atomic E-state index is 6.06. The Bertz CT molecular complexity index is 882. The Morgan fingerprint density at radius 2 is 1.85 bits per heavy atom. The summed E-state index contributed by atoms with van der Waals surface area (Å²) in [6, 6.07) is 14.8. The van der Waals surface area contributed by atoms with Crippen LogP contribution in [0.15, 0.2) is 48.5 Å². The molecule has 0 amide bonds. The second-order valence-electron chi connectivity index (χ2n) is 6.09. The minimum absolute atomic E-state index is 0.0235. The van der Waals surface area contributed by atoms with Crippen LogP contribution in [0.5, 0.6) is 11.5 Å². The highest BCUT2D eigenvalue weighted by molar-refractivity contribution is 6.34. The molecule has 0 saturated heterocycles. The third kappa shape index (κ3) is 4.93. The Labute approximate surface area is 162 Å². The first-order chi connectivity index (χ1) is 12.5. The molecule has 3 aromatic rings. The van der Waals surface area contributed by atoms with E-state index in [1.54, 1.807) is 24.3 Å². The van der Waals surface area contributed by atoms with E-state index in [1.165, 1.54) is 0 Å². The summed E-state index contributed by atoms with van der Waals surface area (Å²) < 4.78 is 11.8. The van der Waals surface area contributed by atoms with Crippen molar-refractivity contribution in [1.82, 2.24) is 4.98 Å². The molecular weight excluding hydrogens is 371 g/mol. The van der Waals surface area contributed by atoms with Gasteiger partial charge in [0.2, 0.25) is 0 Å². The summed E-state index contributed by atoms with van der Waals surface area (Å²) in [5.41, 5.74) is 6.58. The second-order valence-corrected chi connectivity index (χ2v) is 6.96. The van der Waals surface area contributed by atoms with Crippen LogP contribution in [0.1, 0.15) is 19.8 Å². The normalized spacial score (nSPS) is 12.1. The quantitative estimate of drug-likeness (QED) is 0.521. The van der Waals surface area contributed by atoms with Gasteiger partial charge in [-0.2, -0.15) is 0 Å². The molecule has 0 aliphatic carbocycles. The molecule has 4 nitrogen and oxygen atoms in total. The lowest BCUT2D eigenvalue weighted by Gasteiger charge is -2.16. The molecule has 6 heteroatoms. The SMILES string of the molecule is CC(CCCOc1cc(Cl)cc(Cl)c1)Oc1cccc2ccc(N)nc12. The predicted molar refractivity (Wildman–Crippen MR) is 107 cm³/mol. The van der Waals surface area contributed by atoms with E-state index in [-0.39, 0.29) is 6.10 Å². The van der Waals surface area contributed by atoms with Crippen molar-refractivity contribution in [2.75, 3.05) is 12.3 Å². The Morgan fingerprint density at radius 1 is 1.08 bits per heavy atom. The Balaban J connectivity index is 1.53. The zero-order valence-electron chi connectivity index (χ0n) is 14.4. The monoisotopic (exact) mass is 390 g/mol. The number of nitrogens with two attached hydrogens (primary N) is 1. The molecule has 3 rings (SSSR count). The summed E-state index contributed by atoms with van der Waals surface area (Å²) in [7, 11) is 0. The van der Waals surface area contributed by atoms with Gasteiger partial charge in [0.25, 0.3) is 0 Å². The van der Waals surface area contributed by atoms with Crippen molar-refractivity contribution in [3.05, 3.63) is 58.6 Å². The van der Waals surface area contributed by atoms with Gasteiger partial charge < -0.3 is 15.2 Å². The minimum Gasteiger partial charge on any atom is -0.493 e. The predicted octanol–water partition coefficient (Wildman–Crippen LogP) is 5.75. The summed E-state index contributed by atoms with van der Waals surface area (Å²) in [4.78, 5) is 4.38. The van der Waals surface area contributed by atoms with E-state index in [0.717, 1.165) is 29.5 Å². The molecule has 1 unspecified atom stereocenters. The van der Waals surface area contributed by atoms with Crippen LogP contribution in [-0.2, 0) is 0 Å². The first-order valence-corrected chi connectivity index (χ1v) is 9.17. The maximum atomic E-state index is 6.06. The van der Waals surface area contributed by atoms with Crippen molar-refractivity contribution in [1.29, 1.82) is 0 Å². The van der Waals surface area contributed by atoms with Gasteiger partial charge in [0.15, 0.2) is 0 Å². The number of rotatable bonds is 7. The van der Waals surface area contributed by atoms with Crippen LogP contribution in [0.25, 0.3) is 10.9 Å². The summed E-state index contributed by atoms with van der Waals surface area (Å²) in [5.74, 6) is 1.89. The zero-order chi connectivity index (χ0) is 18.5. The van der Waals surface area contributed by atoms with Crippen LogP contribution in [0.3, 0.4) is 0 Å². The van der Waals surface area contributed by atoms with Crippen molar-refractivity contribution in [3.63, 3.8) is 0 Å². The number of benzene rings is 2. The number of nitrogens with zero attached hydrogens (tertiary/aromatic N) is 1. The van der Waals surface area contributed by atoms with Crippen LogP contribution in [0.2, 0.25) is 10.0 Å². The van der Waals surface area contributed by atoms with Gasteiger partial charge in [-0.3, -0.25) is 0 Å². The second kappa shape index (κ2) is 8.47. The lowest BCUT2D eigenvalue weighted by Crippen LogP contribution is -2.13. The lowest BCUT2D eigenvalue weighted by molar-refractivity contribution is 0.195. The molecule has 0 saturated carbocycles. The fourth-order valence-corrected chi connectivity index (χ4v) is 3.18. The number of para-hydroxylation sites is 1. The molecule has 0 spiro atoms. The van der Waals surface area contributed by atoms with Gasteiger partial charge in [-0.05, 0) is 56.2 Å². The van der Waals surface area contributed by atoms with Gasteiger partial charge in [-0.15, -0.1) is 0 Å². The summed E-state index contributed by atoms with van der Waals surface area (Å²) in [5, 5.41) is 2.13. The maximum Gasteiger partial charge on any atom is 0.146 e. The lowest BCUT2D eigenvalue weighted by atomic mass is 10.2. The molecule has 0 fully saturated rings. The van der Waals surface area contributed by atoms with E-state index >= 15 is 0 Å². The molecule has 26 heavy (non-hydrogen) atoms. The van der Waals surface area contributed by atoms with Gasteiger partial charge in [0, 0.05) is 15.4 Å². The number of nitrogen functional groups attached to an aromatic ring is 1. The number of anilines is 1. The number of halogens is 2. The summed E-state index contributed by atoms with van der Waals surface area (Å²) >= 11 is 11.9. The van der Waals surface area contributed by atoms with Gasteiger partial charge in [-0.25, -0.2) is 4.98 Å². The molecule has 2 aromatic carbocycles. The van der Waals surface area contributed by atoms with Crippen molar-refractivity contribution in [2.45, 2.75) is 25.9 Å². The number of aromatic nitrogens is 1. The molecule has 0 radical (unpaired) electrons. The molecule has 1 heterocycles. The molecule has 0 aliphatic heterocycles. The molecule has 0 bridgehead atoms. The van der Waals surface area contributed by atoms with E-state index in [9.17, 15) is 0 Å². The molecule has 136 valence electrons. The number of hydrogen-bond donors (Lipinski definition) is 1. The molecule has 1 atom stereocenters. The van der Waals surface area contributed by atoms with Gasteiger partial charge >= 0.3 is 0 Å². The van der Waals surface area contributed by atoms with Gasteiger partial charge in [0.1, 0.15) is 22.8 Å². The summed E-state index contributed by atoms with van der Waals surface area (Å²) in [6.07, 6.45) is 1.70. The zero-order valence-corrected chi connectivity index (χ0v) is 15.9. The Hall–Kier alpha value is -2.17. The summed E-state index contributed by atoms with van der Waals surface area (Å²) in [6.45, 7) is 2.59. The van der Waals surface area contributed by atoms with Crippen LogP contribution >= 0.6 is 23.2 Å². The average molecular weight is 391 g/mol. The third-order valence-corrected chi connectivity index (χ3v) is 4.33. The van der Waals surface area contributed by atoms with Crippen LogP contribution < -0.4 is 15.2 Å². The largest absolute Gasteiger partial charge is 0.493 e. The van der Waals surface area contributed by atoms with E-state index in [1.807, 2.05) is 31.2 Å².